The van der Waals surface area contributed by atoms with E-state index in [2.05, 4.69) is 10.3 Å². The van der Waals surface area contributed by atoms with Crippen molar-refractivity contribution in [1.82, 2.24) is 10.3 Å². The lowest BCUT2D eigenvalue weighted by molar-refractivity contribution is -0.142. The number of dihydropyridines is 1. The Labute approximate surface area is 93.3 Å². The molecule has 1 aromatic rings. The number of hydrogen-bond donors (Lipinski definition) is 2. The van der Waals surface area contributed by atoms with Crippen molar-refractivity contribution in [1.29, 1.82) is 0 Å². The van der Waals surface area contributed by atoms with Crippen molar-refractivity contribution in [3.8, 4) is 0 Å². The maximum atomic E-state index is 11.1. The average Bonchev–Trinajstić information content (AvgIpc) is 2.30. The summed E-state index contributed by atoms with van der Waals surface area (Å²) in [4.78, 5) is 15.3. The van der Waals surface area contributed by atoms with Crippen molar-refractivity contribution in [2.75, 3.05) is 0 Å². The van der Waals surface area contributed by atoms with E-state index in [1.165, 1.54) is 0 Å². The molecule has 1 aromatic heterocycles. The van der Waals surface area contributed by atoms with E-state index in [-0.39, 0.29) is 0 Å². The van der Waals surface area contributed by atoms with Gasteiger partial charge in [-0.2, -0.15) is 0 Å². The van der Waals surface area contributed by atoms with Crippen molar-refractivity contribution >= 4 is 11.7 Å². The summed E-state index contributed by atoms with van der Waals surface area (Å²) in [7, 11) is 0. The molecule has 82 valence electrons. The molecule has 1 aliphatic rings. The Morgan fingerprint density at radius 2 is 2.31 bits per heavy atom. The van der Waals surface area contributed by atoms with Crippen LogP contribution in [0.1, 0.15) is 12.6 Å². The second kappa shape index (κ2) is 3.81. The summed E-state index contributed by atoms with van der Waals surface area (Å²) in [5.41, 5.74) is 0.477. The molecule has 0 amide bonds. The van der Waals surface area contributed by atoms with Gasteiger partial charge in [-0.1, -0.05) is 6.07 Å². The molecule has 1 aliphatic heterocycles. The molecule has 0 fully saturated rings. The average molecular weight is 216 g/mol. The van der Waals surface area contributed by atoms with Gasteiger partial charge in [0.25, 0.3) is 0 Å². The van der Waals surface area contributed by atoms with Gasteiger partial charge in [0.1, 0.15) is 5.41 Å². The Balaban J connectivity index is 2.38. The molecule has 2 rings (SSSR count). The Hall–Kier alpha value is -2.10. The molecule has 0 aromatic carbocycles. The fourth-order valence-electron chi connectivity index (χ4n) is 1.50. The summed E-state index contributed by atoms with van der Waals surface area (Å²) in [6.45, 7) is 1.65. The van der Waals surface area contributed by atoms with Crippen LogP contribution in [-0.2, 0) is 4.79 Å². The summed E-state index contributed by atoms with van der Waals surface area (Å²) in [6, 6.07) is 5.51. The molecule has 2 N–H and O–H groups in total. The summed E-state index contributed by atoms with van der Waals surface area (Å²) < 4.78 is 0. The van der Waals surface area contributed by atoms with Crippen LogP contribution in [0, 0.1) is 5.41 Å². The Morgan fingerprint density at radius 3 is 2.94 bits per heavy atom. The molecule has 0 aliphatic carbocycles. The van der Waals surface area contributed by atoms with Gasteiger partial charge >= 0.3 is 5.97 Å². The van der Waals surface area contributed by atoms with Crippen LogP contribution < -0.4 is 5.32 Å². The Bertz CT molecular complexity index is 465. The molecular weight excluding hydrogens is 204 g/mol. The first kappa shape index (κ1) is 10.4. The second-order valence-electron chi connectivity index (χ2n) is 3.84. The Kier molecular flexibility index (Phi) is 2.48. The quantitative estimate of drug-likeness (QED) is 0.788. The van der Waals surface area contributed by atoms with Crippen LogP contribution in [0.5, 0.6) is 0 Å². The minimum atomic E-state index is -0.974. The zero-order valence-electron chi connectivity index (χ0n) is 8.84. The number of carboxylic acid groups (broad SMARTS) is 1. The van der Waals surface area contributed by atoms with Gasteiger partial charge in [-0.25, -0.2) is 0 Å². The van der Waals surface area contributed by atoms with E-state index >= 15 is 0 Å². The first-order valence-electron chi connectivity index (χ1n) is 4.94. The number of pyridine rings is 1. The predicted molar refractivity (Wildman–Crippen MR) is 60.2 cm³/mol. The molecule has 0 spiro atoms. The number of hydrogen-bond acceptors (Lipinski definition) is 3. The van der Waals surface area contributed by atoms with Gasteiger partial charge in [-0.15, -0.1) is 0 Å². The number of nitrogens with zero attached hydrogens (tertiary/aromatic N) is 1. The van der Waals surface area contributed by atoms with E-state index in [0.29, 0.717) is 5.70 Å². The van der Waals surface area contributed by atoms with E-state index in [4.69, 9.17) is 5.11 Å². The van der Waals surface area contributed by atoms with Crippen LogP contribution >= 0.6 is 0 Å². The van der Waals surface area contributed by atoms with Crippen LogP contribution in [0.4, 0.5) is 0 Å². The van der Waals surface area contributed by atoms with Gasteiger partial charge in [0.2, 0.25) is 0 Å². The fourth-order valence-corrected chi connectivity index (χ4v) is 1.50. The van der Waals surface area contributed by atoms with Crippen molar-refractivity contribution in [2.45, 2.75) is 6.92 Å². The first-order chi connectivity index (χ1) is 7.62. The van der Waals surface area contributed by atoms with Crippen molar-refractivity contribution in [3.63, 3.8) is 0 Å². The summed E-state index contributed by atoms with van der Waals surface area (Å²) in [5.74, 6) is -0.876. The number of carboxylic acids is 1. The normalized spacial score (nSPS) is 23.4. The third-order valence-corrected chi connectivity index (χ3v) is 2.51. The van der Waals surface area contributed by atoms with Crippen LogP contribution in [0.2, 0.25) is 0 Å². The van der Waals surface area contributed by atoms with E-state index in [1.807, 2.05) is 18.2 Å². The molecule has 0 bridgehead atoms. The number of aromatic nitrogens is 1. The maximum Gasteiger partial charge on any atom is 0.317 e. The molecule has 0 radical (unpaired) electrons. The first-order valence-corrected chi connectivity index (χ1v) is 4.94. The lowest BCUT2D eigenvalue weighted by Gasteiger charge is -2.22. The molecule has 4 heteroatoms. The van der Waals surface area contributed by atoms with Gasteiger partial charge in [-0.05, 0) is 37.4 Å². The van der Waals surface area contributed by atoms with E-state index in [1.54, 1.807) is 31.5 Å². The van der Waals surface area contributed by atoms with Crippen LogP contribution in [-0.4, -0.2) is 16.1 Å². The van der Waals surface area contributed by atoms with Gasteiger partial charge in [0, 0.05) is 6.20 Å². The second-order valence-corrected chi connectivity index (χ2v) is 3.84. The standard InChI is InChI=1S/C12H12N2O2/c1-12(11(15)16)5-7-14-10(8-12)9-4-2-3-6-13-9/h2-8,14H,1H3,(H,15,16). The number of rotatable bonds is 2. The molecule has 0 saturated heterocycles. The van der Waals surface area contributed by atoms with E-state index in [0.717, 1.165) is 5.69 Å². The van der Waals surface area contributed by atoms with Crippen LogP contribution in [0.25, 0.3) is 5.70 Å². The van der Waals surface area contributed by atoms with Crippen molar-refractivity contribution in [2.24, 2.45) is 5.41 Å². The van der Waals surface area contributed by atoms with Gasteiger partial charge in [0.05, 0.1) is 11.4 Å². The number of aliphatic carboxylic acids is 1. The molecular formula is C12H12N2O2. The highest BCUT2D eigenvalue weighted by molar-refractivity contribution is 5.83. The van der Waals surface area contributed by atoms with Gasteiger partial charge < -0.3 is 10.4 Å². The predicted octanol–water partition coefficient (Wildman–Crippen LogP) is 1.63. The molecule has 1 unspecified atom stereocenters. The SMILES string of the molecule is CC1(C(=O)O)C=CNC(c2ccccn2)=C1. The summed E-state index contributed by atoms with van der Waals surface area (Å²) in [6.07, 6.45) is 6.59. The Morgan fingerprint density at radius 1 is 1.50 bits per heavy atom. The number of nitrogens with one attached hydrogen (secondary N) is 1. The molecule has 2 heterocycles. The fraction of sp³-hybridized carbons (Fsp3) is 0.167. The highest BCUT2D eigenvalue weighted by atomic mass is 16.4. The summed E-state index contributed by atoms with van der Waals surface area (Å²) >= 11 is 0. The molecule has 0 saturated carbocycles. The topological polar surface area (TPSA) is 62.2 Å². The van der Waals surface area contributed by atoms with Gasteiger partial charge in [-0.3, -0.25) is 9.78 Å². The lowest BCUT2D eigenvalue weighted by atomic mass is 9.87. The molecule has 4 nitrogen and oxygen atoms in total. The molecule has 16 heavy (non-hydrogen) atoms. The lowest BCUT2D eigenvalue weighted by Crippen LogP contribution is -2.28. The van der Waals surface area contributed by atoms with Crippen LogP contribution in [0.15, 0.2) is 42.7 Å². The highest BCUT2D eigenvalue weighted by Gasteiger charge is 2.30. The highest BCUT2D eigenvalue weighted by Crippen LogP contribution is 2.27. The minimum absolute atomic E-state index is 0.716. The molecule has 1 atom stereocenters. The number of carbonyl (C=O) groups is 1. The van der Waals surface area contributed by atoms with Gasteiger partial charge in [0.15, 0.2) is 0 Å². The van der Waals surface area contributed by atoms with Crippen LogP contribution in [0.3, 0.4) is 0 Å². The van der Waals surface area contributed by atoms with Crippen molar-refractivity contribution in [3.05, 3.63) is 48.4 Å². The largest absolute Gasteiger partial charge is 0.480 e. The van der Waals surface area contributed by atoms with E-state index in [9.17, 15) is 4.79 Å². The third kappa shape index (κ3) is 1.82. The van der Waals surface area contributed by atoms with E-state index < -0.39 is 11.4 Å². The zero-order chi connectivity index (χ0) is 11.6. The monoisotopic (exact) mass is 216 g/mol. The summed E-state index contributed by atoms with van der Waals surface area (Å²) in [5, 5.41) is 12.1. The smallest absolute Gasteiger partial charge is 0.317 e. The third-order valence-electron chi connectivity index (χ3n) is 2.51. The maximum absolute atomic E-state index is 11.1. The van der Waals surface area contributed by atoms with Crippen molar-refractivity contribution < 1.29 is 9.90 Å². The zero-order valence-corrected chi connectivity index (χ0v) is 8.84. The minimum Gasteiger partial charge on any atom is -0.480 e.